The molecule has 1 aliphatic carbocycles. The molecule has 1 aromatic heterocycles. The molecule has 23 heavy (non-hydrogen) atoms. The quantitative estimate of drug-likeness (QED) is 0.795. The topological polar surface area (TPSA) is 49.9 Å². The van der Waals surface area contributed by atoms with Gasteiger partial charge < -0.3 is 14.5 Å². The molecule has 1 aliphatic heterocycles. The van der Waals surface area contributed by atoms with Crippen LogP contribution in [0.3, 0.4) is 0 Å². The first-order valence-electron chi connectivity index (χ1n) is 8.34. The van der Waals surface area contributed by atoms with E-state index in [1.807, 2.05) is 4.90 Å². The molecule has 1 saturated heterocycles. The number of carbonyl (C=O) groups is 2. The molecule has 2 fully saturated rings. The molecule has 126 valence electrons. The maximum atomic E-state index is 12.8. The fourth-order valence-corrected chi connectivity index (χ4v) is 4.44. The van der Waals surface area contributed by atoms with Gasteiger partial charge in [0, 0.05) is 32.1 Å². The van der Waals surface area contributed by atoms with Gasteiger partial charge in [-0.1, -0.05) is 6.42 Å². The average molecular weight is 336 g/mol. The Morgan fingerprint density at radius 2 is 1.91 bits per heavy atom. The van der Waals surface area contributed by atoms with Crippen LogP contribution in [0, 0.1) is 11.8 Å². The molecule has 0 N–H and O–H groups in total. The predicted octanol–water partition coefficient (Wildman–Crippen LogP) is 2.38. The number of rotatable bonds is 3. The molecule has 6 heteroatoms. The van der Waals surface area contributed by atoms with Gasteiger partial charge in [-0.05, 0) is 36.8 Å². The summed E-state index contributed by atoms with van der Waals surface area (Å²) in [6.07, 6.45) is 3.34. The van der Waals surface area contributed by atoms with Crippen molar-refractivity contribution < 1.29 is 14.3 Å². The first-order chi connectivity index (χ1) is 11.2. The van der Waals surface area contributed by atoms with Gasteiger partial charge in [0.05, 0.1) is 18.0 Å². The third kappa shape index (κ3) is 3.68. The van der Waals surface area contributed by atoms with E-state index in [0.29, 0.717) is 6.42 Å². The first-order valence-corrected chi connectivity index (χ1v) is 9.22. The van der Waals surface area contributed by atoms with Gasteiger partial charge in [0.25, 0.3) is 0 Å². The van der Waals surface area contributed by atoms with E-state index in [-0.39, 0.29) is 23.7 Å². The number of amides is 1. The van der Waals surface area contributed by atoms with E-state index in [1.165, 1.54) is 12.1 Å². The number of ether oxygens (including phenoxy) is 1. The van der Waals surface area contributed by atoms with E-state index in [1.54, 1.807) is 11.3 Å². The lowest BCUT2D eigenvalue weighted by atomic mass is 9.80. The van der Waals surface area contributed by atoms with Crippen LogP contribution in [0.25, 0.3) is 0 Å². The Bertz CT molecular complexity index is 538. The maximum Gasteiger partial charge on any atom is 0.308 e. The van der Waals surface area contributed by atoms with Gasteiger partial charge in [0.1, 0.15) is 0 Å². The highest BCUT2D eigenvalue weighted by Gasteiger charge is 2.34. The van der Waals surface area contributed by atoms with Crippen LogP contribution in [-0.2, 0) is 14.3 Å². The number of piperazine rings is 1. The molecule has 5 nitrogen and oxygen atoms in total. The number of nitrogens with zero attached hydrogens (tertiary/aromatic N) is 2. The number of esters is 1. The molecule has 1 saturated carbocycles. The number of methoxy groups -OCH3 is 1. The lowest BCUT2D eigenvalue weighted by Crippen LogP contribution is -2.50. The summed E-state index contributed by atoms with van der Waals surface area (Å²) < 4.78 is 4.85. The molecule has 2 atom stereocenters. The van der Waals surface area contributed by atoms with Crippen molar-refractivity contribution in [2.24, 2.45) is 11.8 Å². The number of hydrogen-bond acceptors (Lipinski definition) is 5. The average Bonchev–Trinajstić information content (AvgIpc) is 3.15. The lowest BCUT2D eigenvalue weighted by molar-refractivity contribution is -0.148. The van der Waals surface area contributed by atoms with Gasteiger partial charge in [0.15, 0.2) is 0 Å². The van der Waals surface area contributed by atoms with E-state index in [0.717, 1.165) is 45.4 Å². The Balaban J connectivity index is 1.53. The second-order valence-electron chi connectivity index (χ2n) is 6.35. The molecule has 0 bridgehead atoms. The third-order valence-corrected chi connectivity index (χ3v) is 5.90. The molecule has 3 rings (SSSR count). The van der Waals surface area contributed by atoms with Crippen LogP contribution >= 0.6 is 11.3 Å². The Hall–Kier alpha value is -1.56. The summed E-state index contributed by atoms with van der Waals surface area (Å²) >= 11 is 1.74. The summed E-state index contributed by atoms with van der Waals surface area (Å²) in [6, 6.07) is 4.19. The number of thiophene rings is 1. The fourth-order valence-electron chi connectivity index (χ4n) is 3.65. The molecule has 0 unspecified atom stereocenters. The summed E-state index contributed by atoms with van der Waals surface area (Å²) in [5.74, 6) is -0.0503. The molecular weight excluding hydrogens is 312 g/mol. The van der Waals surface area contributed by atoms with Gasteiger partial charge in [-0.25, -0.2) is 0 Å². The largest absolute Gasteiger partial charge is 0.469 e. The zero-order valence-corrected chi connectivity index (χ0v) is 14.4. The van der Waals surface area contributed by atoms with Crippen LogP contribution in [0.1, 0.15) is 25.7 Å². The standard InChI is InChI=1S/C17H24N2O3S/c1-22-17(21)14-5-2-4-13(12-14)16(20)19-9-7-18(8-10-19)15-6-3-11-23-15/h3,6,11,13-14H,2,4-5,7-10,12H2,1H3/t13-,14-/m0/s1. The van der Waals surface area contributed by atoms with Crippen molar-refractivity contribution in [1.82, 2.24) is 4.90 Å². The second kappa shape index (κ2) is 7.34. The van der Waals surface area contributed by atoms with Crippen molar-refractivity contribution in [3.8, 4) is 0 Å². The number of hydrogen-bond donors (Lipinski definition) is 0. The van der Waals surface area contributed by atoms with Gasteiger partial charge in [-0.15, -0.1) is 11.3 Å². The van der Waals surface area contributed by atoms with E-state index >= 15 is 0 Å². The highest BCUT2D eigenvalue weighted by molar-refractivity contribution is 7.14. The maximum absolute atomic E-state index is 12.8. The van der Waals surface area contributed by atoms with E-state index in [4.69, 9.17) is 4.74 Å². The van der Waals surface area contributed by atoms with Crippen LogP contribution < -0.4 is 4.90 Å². The Morgan fingerprint density at radius 3 is 2.57 bits per heavy atom. The van der Waals surface area contributed by atoms with Crippen LogP contribution in [0.4, 0.5) is 5.00 Å². The SMILES string of the molecule is COC(=O)[C@H]1CCC[C@H](C(=O)N2CCN(c3cccs3)CC2)C1. The normalized spacial score (nSPS) is 25.3. The van der Waals surface area contributed by atoms with E-state index in [9.17, 15) is 9.59 Å². The fraction of sp³-hybridized carbons (Fsp3) is 0.647. The van der Waals surface area contributed by atoms with Crippen molar-refractivity contribution in [3.63, 3.8) is 0 Å². The molecule has 0 radical (unpaired) electrons. The van der Waals surface area contributed by atoms with Gasteiger partial charge >= 0.3 is 5.97 Å². The number of carbonyl (C=O) groups excluding carboxylic acids is 2. The zero-order chi connectivity index (χ0) is 16.2. The Kier molecular flexibility index (Phi) is 5.20. The molecule has 0 aromatic carbocycles. The van der Waals surface area contributed by atoms with Crippen LogP contribution in [0.15, 0.2) is 17.5 Å². The van der Waals surface area contributed by atoms with Gasteiger partial charge in [-0.2, -0.15) is 0 Å². The van der Waals surface area contributed by atoms with Crippen LogP contribution in [-0.4, -0.2) is 50.1 Å². The summed E-state index contributed by atoms with van der Waals surface area (Å²) in [5, 5.41) is 3.36. The first kappa shape index (κ1) is 16.3. The summed E-state index contributed by atoms with van der Waals surface area (Å²) in [4.78, 5) is 28.8. The molecular formula is C17H24N2O3S. The minimum atomic E-state index is -0.162. The lowest BCUT2D eigenvalue weighted by Gasteiger charge is -2.38. The van der Waals surface area contributed by atoms with Crippen molar-refractivity contribution in [2.45, 2.75) is 25.7 Å². The number of anilines is 1. The minimum Gasteiger partial charge on any atom is -0.469 e. The predicted molar refractivity (Wildman–Crippen MR) is 90.6 cm³/mol. The second-order valence-corrected chi connectivity index (χ2v) is 7.27. The summed E-state index contributed by atoms with van der Waals surface area (Å²) in [6.45, 7) is 3.32. The van der Waals surface area contributed by atoms with Gasteiger partial charge in [0.2, 0.25) is 5.91 Å². The zero-order valence-electron chi connectivity index (χ0n) is 13.6. The van der Waals surface area contributed by atoms with Crippen LogP contribution in [0.5, 0.6) is 0 Å². The summed E-state index contributed by atoms with van der Waals surface area (Å²) in [5.41, 5.74) is 0. The highest BCUT2D eigenvalue weighted by Crippen LogP contribution is 2.31. The van der Waals surface area contributed by atoms with Crippen molar-refractivity contribution in [1.29, 1.82) is 0 Å². The highest BCUT2D eigenvalue weighted by atomic mass is 32.1. The molecule has 0 spiro atoms. The Labute approximate surface area is 141 Å². The van der Waals surface area contributed by atoms with Crippen molar-refractivity contribution in [2.75, 3.05) is 38.2 Å². The molecule has 2 heterocycles. The summed E-state index contributed by atoms with van der Waals surface area (Å²) in [7, 11) is 1.43. The molecule has 2 aliphatic rings. The van der Waals surface area contributed by atoms with E-state index < -0.39 is 0 Å². The van der Waals surface area contributed by atoms with Crippen LogP contribution in [0.2, 0.25) is 0 Å². The Morgan fingerprint density at radius 1 is 1.17 bits per heavy atom. The molecule has 1 amide bonds. The molecule has 1 aromatic rings. The van der Waals surface area contributed by atoms with Crippen molar-refractivity contribution >= 4 is 28.2 Å². The minimum absolute atomic E-state index is 0.0128. The van der Waals surface area contributed by atoms with Crippen molar-refractivity contribution in [3.05, 3.63) is 17.5 Å². The monoisotopic (exact) mass is 336 g/mol. The van der Waals surface area contributed by atoms with Gasteiger partial charge in [-0.3, -0.25) is 9.59 Å². The third-order valence-electron chi connectivity index (χ3n) is 4.97. The smallest absolute Gasteiger partial charge is 0.308 e. The van der Waals surface area contributed by atoms with E-state index in [2.05, 4.69) is 22.4 Å².